The van der Waals surface area contributed by atoms with E-state index in [0.29, 0.717) is 48.8 Å². The van der Waals surface area contributed by atoms with E-state index in [1.807, 2.05) is 45.0 Å². The molecular formula is C46H44N10O8S5. The lowest BCUT2D eigenvalue weighted by Gasteiger charge is -2.28. The molecule has 0 aliphatic carbocycles. The van der Waals surface area contributed by atoms with Gasteiger partial charge in [-0.15, -0.1) is 10.2 Å². The number of pyridine rings is 1. The van der Waals surface area contributed by atoms with Gasteiger partial charge in [-0.3, -0.25) is 14.0 Å². The zero-order chi connectivity index (χ0) is 50.2. The highest BCUT2D eigenvalue weighted by atomic mass is 32.2. The standard InChI is InChI=1S/C46H44N10O8S5/c1-22-17-25(4)39(68(59,60)61)27(6)36(22)51-42-37(52-53-43-30(21-47)41(46(8,9)10)54-56(43)45-49-31-13-11-12-14-33(31)65-45)23(2)19-35(50-42)55(38-24(3)18-26(5)40(28(38)7)69(62,63)64)44-48-32-16-15-29(67(57)58)20-34(32)66-44/h11-20H,1-10H3,(H,50,51)(H,57,58)(H,59,60,61)(H,62,63,64). The molecule has 0 aliphatic rings. The van der Waals surface area contributed by atoms with Crippen molar-refractivity contribution >= 4 is 114 Å². The van der Waals surface area contributed by atoms with E-state index < -0.39 is 36.7 Å². The number of hydrogen-bond donors (Lipinski definition) is 4. The third-order valence-corrected chi connectivity index (χ3v) is 16.2. The number of rotatable bonds is 11. The van der Waals surface area contributed by atoms with Gasteiger partial charge in [0.25, 0.3) is 20.2 Å². The molecule has 4 heterocycles. The molecule has 0 saturated carbocycles. The van der Waals surface area contributed by atoms with Crippen molar-refractivity contribution in [1.29, 1.82) is 5.26 Å². The lowest BCUT2D eigenvalue weighted by atomic mass is 9.90. The molecule has 4 N–H and O–H groups in total. The van der Waals surface area contributed by atoms with Gasteiger partial charge >= 0.3 is 0 Å². The van der Waals surface area contributed by atoms with Crippen LogP contribution in [0.25, 0.3) is 25.6 Å². The van der Waals surface area contributed by atoms with Crippen LogP contribution in [0.15, 0.2) is 85.6 Å². The van der Waals surface area contributed by atoms with Crippen LogP contribution in [0, 0.1) is 59.8 Å². The first-order chi connectivity index (χ1) is 32.3. The highest BCUT2D eigenvalue weighted by Gasteiger charge is 2.32. The number of anilines is 5. The molecule has 23 heteroatoms. The summed E-state index contributed by atoms with van der Waals surface area (Å²) in [5, 5.41) is 29.0. The Hall–Kier alpha value is -6.36. The molecule has 1 atom stereocenters. The largest absolute Gasteiger partial charge is 0.338 e. The third kappa shape index (κ3) is 9.17. The van der Waals surface area contributed by atoms with Crippen molar-refractivity contribution in [3.05, 3.63) is 111 Å². The molecule has 0 radical (unpaired) electrons. The number of thiazole rings is 2. The first kappa shape index (κ1) is 49.1. The minimum absolute atomic E-state index is 0.00666. The van der Waals surface area contributed by atoms with E-state index in [0.717, 1.165) is 16.0 Å². The van der Waals surface area contributed by atoms with E-state index in [4.69, 9.17) is 30.3 Å². The van der Waals surface area contributed by atoms with Gasteiger partial charge in [-0.2, -0.15) is 31.9 Å². The molecule has 0 aliphatic heterocycles. The van der Waals surface area contributed by atoms with Crippen molar-refractivity contribution in [1.82, 2.24) is 24.7 Å². The minimum Gasteiger partial charge on any atom is -0.338 e. The fourth-order valence-electron chi connectivity index (χ4n) is 8.47. The second-order valence-corrected chi connectivity index (χ2v) is 23.1. The highest BCUT2D eigenvalue weighted by molar-refractivity contribution is 7.86. The van der Waals surface area contributed by atoms with Crippen LogP contribution in [0.2, 0.25) is 0 Å². The summed E-state index contributed by atoms with van der Waals surface area (Å²) < 4.78 is 97.5. The molecule has 4 aromatic carbocycles. The molecular weight excluding hydrogens is 981 g/mol. The summed E-state index contributed by atoms with van der Waals surface area (Å²) in [5.41, 5.74) is 4.29. The van der Waals surface area contributed by atoms with E-state index >= 15 is 0 Å². The van der Waals surface area contributed by atoms with E-state index in [1.54, 1.807) is 70.7 Å². The summed E-state index contributed by atoms with van der Waals surface area (Å²) in [6.07, 6.45) is 0. The maximum absolute atomic E-state index is 13.0. The number of nitriles is 1. The Balaban J connectivity index is 1.44. The van der Waals surface area contributed by atoms with Gasteiger partial charge in [-0.25, -0.2) is 19.2 Å². The number of fused-ring (bicyclic) bond motifs is 2. The van der Waals surface area contributed by atoms with Gasteiger partial charge in [0.15, 0.2) is 27.8 Å². The fraction of sp³-hybridized carbons (Fsp3) is 0.239. The van der Waals surface area contributed by atoms with Crippen LogP contribution >= 0.6 is 22.7 Å². The lowest BCUT2D eigenvalue weighted by molar-refractivity contribution is 0.479. The topological polar surface area (TPSA) is 266 Å². The Morgan fingerprint density at radius 2 is 1.41 bits per heavy atom. The Morgan fingerprint density at radius 1 is 0.768 bits per heavy atom. The summed E-state index contributed by atoms with van der Waals surface area (Å²) in [7, 11) is -9.51. The average molecular weight is 1030 g/mol. The van der Waals surface area contributed by atoms with Crippen LogP contribution in [-0.4, -0.2) is 59.4 Å². The molecule has 356 valence electrons. The minimum atomic E-state index is -4.78. The predicted molar refractivity (Wildman–Crippen MR) is 268 cm³/mol. The monoisotopic (exact) mass is 1020 g/mol. The van der Waals surface area contributed by atoms with Gasteiger partial charge in [-0.1, -0.05) is 67.7 Å². The Kier molecular flexibility index (Phi) is 12.7. The molecule has 0 fully saturated rings. The Morgan fingerprint density at radius 3 is 2.03 bits per heavy atom. The molecule has 8 aromatic rings. The first-order valence-electron chi connectivity index (χ1n) is 20.9. The normalized spacial score (nSPS) is 12.9. The lowest BCUT2D eigenvalue weighted by Crippen LogP contribution is -2.17. The van der Waals surface area contributed by atoms with Crippen LogP contribution in [0.5, 0.6) is 0 Å². The number of nitrogens with zero attached hydrogens (tertiary/aromatic N) is 9. The molecule has 8 rings (SSSR count). The number of hydrogen-bond acceptors (Lipinski definition) is 16. The Labute approximate surface area is 408 Å². The first-order valence-corrected chi connectivity index (χ1v) is 26.5. The summed E-state index contributed by atoms with van der Waals surface area (Å²) in [6, 6.07) is 19.2. The molecule has 0 bridgehead atoms. The average Bonchev–Trinajstić information content (AvgIpc) is 3.96. The second kappa shape index (κ2) is 17.9. The predicted octanol–water partition coefficient (Wildman–Crippen LogP) is 11.5. The van der Waals surface area contributed by atoms with Crippen LogP contribution in [0.4, 0.5) is 39.6 Å². The number of aryl methyl sites for hydroxylation is 5. The van der Waals surface area contributed by atoms with Crippen LogP contribution in [0.3, 0.4) is 0 Å². The van der Waals surface area contributed by atoms with Crippen LogP contribution in [0.1, 0.15) is 71.0 Å². The second-order valence-electron chi connectivity index (χ2n) is 17.4. The number of aromatic nitrogens is 5. The van der Waals surface area contributed by atoms with E-state index in [1.165, 1.54) is 35.1 Å². The SMILES string of the molecule is Cc1cc(N(c2nc3ccc(S(=O)O)cc3s2)c2c(C)cc(C)c(S(=O)(=O)O)c2C)nc(Nc2c(C)cc(C)c(S(=O)(=O)O)c2C)c1N=Nc1c(C#N)c(C(C)(C)C)nn1-c1nc2ccccc2s1. The summed E-state index contributed by atoms with van der Waals surface area (Å²) >= 11 is 0.163. The number of azo groups is 1. The molecule has 18 nitrogen and oxygen atoms in total. The van der Waals surface area contributed by atoms with Crippen molar-refractivity contribution in [2.45, 2.75) is 89.3 Å². The molecule has 69 heavy (non-hydrogen) atoms. The van der Waals surface area contributed by atoms with Gasteiger partial charge in [-0.05, 0) is 124 Å². The fourth-order valence-corrected chi connectivity index (χ4v) is 12.8. The zero-order valence-electron chi connectivity index (χ0n) is 38.7. The maximum atomic E-state index is 13.0. The number of para-hydroxylation sites is 1. The maximum Gasteiger partial charge on any atom is 0.295 e. The number of nitrogens with one attached hydrogen (secondary N) is 1. The molecule has 1 unspecified atom stereocenters. The quantitative estimate of drug-likeness (QED) is 0.0533. The van der Waals surface area contributed by atoms with Crippen LogP contribution in [-0.2, 0) is 36.7 Å². The summed E-state index contributed by atoms with van der Waals surface area (Å²) in [4.78, 5) is 15.9. The van der Waals surface area contributed by atoms with Crippen molar-refractivity contribution in [2.24, 2.45) is 10.2 Å². The molecule has 0 spiro atoms. The van der Waals surface area contributed by atoms with Gasteiger partial charge in [0.05, 0.1) is 36.7 Å². The number of benzene rings is 4. The van der Waals surface area contributed by atoms with Crippen molar-refractivity contribution in [3.8, 4) is 11.2 Å². The molecule has 4 aromatic heterocycles. The Bertz CT molecular complexity index is 3760. The zero-order valence-corrected chi connectivity index (χ0v) is 42.8. The highest BCUT2D eigenvalue weighted by Crippen LogP contribution is 2.47. The van der Waals surface area contributed by atoms with Gasteiger partial charge in [0, 0.05) is 11.1 Å². The van der Waals surface area contributed by atoms with E-state index in [2.05, 4.69) is 11.4 Å². The van der Waals surface area contributed by atoms with Gasteiger partial charge in [0.2, 0.25) is 5.13 Å². The van der Waals surface area contributed by atoms with E-state index in [-0.39, 0.29) is 76.6 Å². The summed E-state index contributed by atoms with van der Waals surface area (Å²) in [6.45, 7) is 17.2. The van der Waals surface area contributed by atoms with Crippen molar-refractivity contribution in [2.75, 3.05) is 10.2 Å². The third-order valence-electron chi connectivity index (χ3n) is 11.3. The van der Waals surface area contributed by atoms with Gasteiger partial charge in [0.1, 0.15) is 32.9 Å². The van der Waals surface area contributed by atoms with E-state index in [9.17, 15) is 40.0 Å². The smallest absolute Gasteiger partial charge is 0.295 e. The van der Waals surface area contributed by atoms with Crippen molar-refractivity contribution < 1.29 is 34.7 Å². The molecule has 0 saturated heterocycles. The summed E-state index contributed by atoms with van der Waals surface area (Å²) in [5.74, 6) is 0.224. The van der Waals surface area contributed by atoms with Crippen molar-refractivity contribution in [3.63, 3.8) is 0 Å². The molecule has 0 amide bonds. The van der Waals surface area contributed by atoms with Gasteiger partial charge < -0.3 is 9.87 Å². The van der Waals surface area contributed by atoms with Crippen LogP contribution < -0.4 is 10.2 Å².